The lowest BCUT2D eigenvalue weighted by atomic mass is 10.0. The smallest absolute Gasteiger partial charge is 0.336 e. The van der Waals surface area contributed by atoms with E-state index in [9.17, 15) is 9.59 Å². The van der Waals surface area contributed by atoms with E-state index >= 15 is 0 Å². The van der Waals surface area contributed by atoms with Gasteiger partial charge in [-0.1, -0.05) is 0 Å². The van der Waals surface area contributed by atoms with Gasteiger partial charge in [-0.2, -0.15) is 0 Å². The van der Waals surface area contributed by atoms with Gasteiger partial charge >= 0.3 is 11.6 Å². The number of rotatable bonds is 4. The van der Waals surface area contributed by atoms with E-state index in [4.69, 9.17) is 13.9 Å². The Balaban J connectivity index is 2.58. The Hall–Kier alpha value is -2.30. The predicted octanol–water partition coefficient (Wildman–Crippen LogP) is 2.22. The first kappa shape index (κ1) is 14.1. The number of aryl methyl sites for hydroxylation is 1. The summed E-state index contributed by atoms with van der Waals surface area (Å²) in [6.45, 7) is 3.85. The Morgan fingerprint density at radius 2 is 2.10 bits per heavy atom. The zero-order valence-corrected chi connectivity index (χ0v) is 11.7. The first-order valence-electron chi connectivity index (χ1n) is 6.32. The Bertz CT molecular complexity index is 699. The SMILES string of the molecule is CCOC(=O)Cc1cc(=O)oc2c(C)c(OC)ccc12. The van der Waals surface area contributed by atoms with Crippen molar-refractivity contribution in [2.45, 2.75) is 20.3 Å². The van der Waals surface area contributed by atoms with Gasteiger partial charge < -0.3 is 13.9 Å². The van der Waals surface area contributed by atoms with Crippen molar-refractivity contribution in [3.63, 3.8) is 0 Å². The van der Waals surface area contributed by atoms with Crippen LogP contribution in [0.3, 0.4) is 0 Å². The molecule has 0 bridgehead atoms. The van der Waals surface area contributed by atoms with Crippen molar-refractivity contribution < 1.29 is 18.7 Å². The number of fused-ring (bicyclic) bond motifs is 1. The molecule has 0 saturated carbocycles. The van der Waals surface area contributed by atoms with Gasteiger partial charge in [0.2, 0.25) is 0 Å². The van der Waals surface area contributed by atoms with E-state index in [1.54, 1.807) is 33.1 Å². The fourth-order valence-corrected chi connectivity index (χ4v) is 2.14. The highest BCUT2D eigenvalue weighted by atomic mass is 16.5. The van der Waals surface area contributed by atoms with E-state index in [2.05, 4.69) is 0 Å². The average molecular weight is 276 g/mol. The number of ether oxygens (including phenoxy) is 2. The van der Waals surface area contributed by atoms with E-state index in [1.807, 2.05) is 0 Å². The maximum atomic E-state index is 11.6. The summed E-state index contributed by atoms with van der Waals surface area (Å²) >= 11 is 0. The van der Waals surface area contributed by atoms with Crippen molar-refractivity contribution in [3.05, 3.63) is 39.7 Å². The highest BCUT2D eigenvalue weighted by Crippen LogP contribution is 2.28. The highest BCUT2D eigenvalue weighted by Gasteiger charge is 2.14. The van der Waals surface area contributed by atoms with Crippen LogP contribution < -0.4 is 10.4 Å². The second-order valence-corrected chi connectivity index (χ2v) is 4.34. The second-order valence-electron chi connectivity index (χ2n) is 4.34. The summed E-state index contributed by atoms with van der Waals surface area (Å²) < 4.78 is 15.3. The Morgan fingerprint density at radius 1 is 1.35 bits per heavy atom. The van der Waals surface area contributed by atoms with Crippen LogP contribution in [0.4, 0.5) is 0 Å². The molecule has 0 aliphatic carbocycles. The molecule has 0 saturated heterocycles. The maximum Gasteiger partial charge on any atom is 0.336 e. The fourth-order valence-electron chi connectivity index (χ4n) is 2.14. The Morgan fingerprint density at radius 3 is 2.75 bits per heavy atom. The van der Waals surface area contributed by atoms with Gasteiger partial charge in [-0.3, -0.25) is 4.79 Å². The largest absolute Gasteiger partial charge is 0.496 e. The molecule has 1 heterocycles. The monoisotopic (exact) mass is 276 g/mol. The molecule has 0 aliphatic rings. The van der Waals surface area contributed by atoms with Gasteiger partial charge in [0.05, 0.1) is 20.1 Å². The van der Waals surface area contributed by atoms with E-state index in [0.29, 0.717) is 23.5 Å². The summed E-state index contributed by atoms with van der Waals surface area (Å²) in [5.41, 5.74) is 1.28. The normalized spacial score (nSPS) is 10.6. The lowest BCUT2D eigenvalue weighted by Crippen LogP contribution is -2.10. The van der Waals surface area contributed by atoms with Crippen molar-refractivity contribution in [3.8, 4) is 5.75 Å². The zero-order valence-electron chi connectivity index (χ0n) is 11.7. The minimum absolute atomic E-state index is 0.0434. The average Bonchev–Trinajstić information content (AvgIpc) is 2.40. The lowest BCUT2D eigenvalue weighted by molar-refractivity contribution is -0.142. The van der Waals surface area contributed by atoms with Crippen LogP contribution >= 0.6 is 0 Å². The zero-order chi connectivity index (χ0) is 14.7. The molecular formula is C15H16O5. The van der Waals surface area contributed by atoms with Crippen LogP contribution in [-0.2, 0) is 16.0 Å². The minimum atomic E-state index is -0.492. The molecule has 0 atom stereocenters. The second kappa shape index (κ2) is 5.77. The molecule has 2 aromatic rings. The van der Waals surface area contributed by atoms with Crippen molar-refractivity contribution in [1.29, 1.82) is 0 Å². The molecule has 1 aromatic carbocycles. The van der Waals surface area contributed by atoms with Crippen LogP contribution in [-0.4, -0.2) is 19.7 Å². The fraction of sp³-hybridized carbons (Fsp3) is 0.333. The number of methoxy groups -OCH3 is 1. The summed E-state index contributed by atoms with van der Waals surface area (Å²) in [4.78, 5) is 23.2. The third-order valence-electron chi connectivity index (χ3n) is 3.06. The first-order valence-corrected chi connectivity index (χ1v) is 6.32. The van der Waals surface area contributed by atoms with Crippen molar-refractivity contribution in [1.82, 2.24) is 0 Å². The lowest BCUT2D eigenvalue weighted by Gasteiger charge is -2.09. The number of benzene rings is 1. The molecule has 0 unspecified atom stereocenters. The molecule has 0 spiro atoms. The highest BCUT2D eigenvalue weighted by molar-refractivity contribution is 5.88. The molecule has 106 valence electrons. The number of carbonyl (C=O) groups excluding carboxylic acids is 1. The molecule has 0 aliphatic heterocycles. The van der Waals surface area contributed by atoms with Gasteiger partial charge in [-0.25, -0.2) is 4.79 Å². The molecule has 0 radical (unpaired) electrons. The van der Waals surface area contributed by atoms with Gasteiger partial charge in [-0.05, 0) is 31.5 Å². The van der Waals surface area contributed by atoms with Crippen LogP contribution in [0.2, 0.25) is 0 Å². The van der Waals surface area contributed by atoms with Gasteiger partial charge in [-0.15, -0.1) is 0 Å². The summed E-state index contributed by atoms with van der Waals surface area (Å²) in [5.74, 6) is 0.266. The maximum absolute atomic E-state index is 11.6. The van der Waals surface area contributed by atoms with Crippen LogP contribution in [0.25, 0.3) is 11.0 Å². The van der Waals surface area contributed by atoms with Gasteiger partial charge in [0.25, 0.3) is 0 Å². The van der Waals surface area contributed by atoms with E-state index in [-0.39, 0.29) is 12.4 Å². The third-order valence-corrected chi connectivity index (χ3v) is 3.06. The molecule has 0 fully saturated rings. The number of esters is 1. The molecule has 5 heteroatoms. The minimum Gasteiger partial charge on any atom is -0.496 e. The Labute approximate surface area is 116 Å². The topological polar surface area (TPSA) is 65.7 Å². The van der Waals surface area contributed by atoms with Crippen LogP contribution in [0, 0.1) is 6.92 Å². The summed E-state index contributed by atoms with van der Waals surface area (Å²) in [5, 5.41) is 0.718. The summed E-state index contributed by atoms with van der Waals surface area (Å²) in [6, 6.07) is 4.89. The van der Waals surface area contributed by atoms with Gasteiger partial charge in [0, 0.05) is 17.0 Å². The first-order chi connectivity index (χ1) is 9.56. The number of carbonyl (C=O) groups is 1. The number of hydrogen-bond donors (Lipinski definition) is 0. The Kier molecular flexibility index (Phi) is 4.08. The molecule has 0 N–H and O–H groups in total. The van der Waals surface area contributed by atoms with Crippen molar-refractivity contribution in [2.24, 2.45) is 0 Å². The van der Waals surface area contributed by atoms with Crippen molar-refractivity contribution in [2.75, 3.05) is 13.7 Å². The van der Waals surface area contributed by atoms with Gasteiger partial charge in [0.1, 0.15) is 11.3 Å². The molecule has 2 rings (SSSR count). The van der Waals surface area contributed by atoms with E-state index in [1.165, 1.54) is 6.07 Å². The summed E-state index contributed by atoms with van der Waals surface area (Å²) in [7, 11) is 1.55. The van der Waals surface area contributed by atoms with E-state index in [0.717, 1.165) is 10.9 Å². The molecule has 20 heavy (non-hydrogen) atoms. The quantitative estimate of drug-likeness (QED) is 0.632. The van der Waals surface area contributed by atoms with E-state index < -0.39 is 5.63 Å². The summed E-state index contributed by atoms with van der Waals surface area (Å²) in [6.07, 6.45) is 0.0434. The molecular weight excluding hydrogens is 260 g/mol. The predicted molar refractivity (Wildman–Crippen MR) is 74.1 cm³/mol. The van der Waals surface area contributed by atoms with Crippen LogP contribution in [0.5, 0.6) is 5.75 Å². The molecule has 1 aromatic heterocycles. The molecule has 0 amide bonds. The third kappa shape index (κ3) is 2.66. The standard InChI is InChI=1S/C15H16O5/c1-4-19-13(16)7-10-8-14(17)20-15-9(2)12(18-3)6-5-11(10)15/h5-6,8H,4,7H2,1-3H3. The van der Waals surface area contributed by atoms with Crippen LogP contribution in [0.1, 0.15) is 18.1 Å². The van der Waals surface area contributed by atoms with Gasteiger partial charge in [0.15, 0.2) is 0 Å². The van der Waals surface area contributed by atoms with Crippen LogP contribution in [0.15, 0.2) is 27.4 Å². The number of hydrogen-bond acceptors (Lipinski definition) is 5. The van der Waals surface area contributed by atoms with Crippen molar-refractivity contribution >= 4 is 16.9 Å². The molecule has 5 nitrogen and oxygen atoms in total.